The number of fused-ring (bicyclic) bond motifs is 1. The normalized spacial score (nSPS) is 23.3. The average molecular weight is 216 g/mol. The minimum Gasteiger partial charge on any atom is -0.309 e. The number of nitrogens with zero attached hydrogens (tertiary/aromatic N) is 2. The minimum atomic E-state index is 0.477. The Morgan fingerprint density at radius 2 is 2.64 bits per heavy atom. The van der Waals surface area contributed by atoms with Crippen LogP contribution in [0.15, 0.2) is 10.7 Å². The van der Waals surface area contributed by atoms with Gasteiger partial charge in [-0.05, 0) is 22.9 Å². The highest BCUT2D eigenvalue weighted by atomic mass is 79.9. The molecule has 1 aromatic heterocycles. The Morgan fingerprint density at radius 3 is 3.36 bits per heavy atom. The van der Waals surface area contributed by atoms with Gasteiger partial charge in [-0.15, -0.1) is 0 Å². The number of hydrogen-bond acceptors (Lipinski definition) is 2. The first-order chi connectivity index (χ1) is 5.29. The van der Waals surface area contributed by atoms with Gasteiger partial charge in [-0.2, -0.15) is 5.10 Å². The van der Waals surface area contributed by atoms with Crippen LogP contribution in [0.3, 0.4) is 0 Å². The Bertz CT molecular complexity index is 269. The summed E-state index contributed by atoms with van der Waals surface area (Å²) in [6.45, 7) is 4.10. The van der Waals surface area contributed by atoms with E-state index < -0.39 is 0 Å². The van der Waals surface area contributed by atoms with E-state index in [1.807, 2.05) is 6.20 Å². The number of aromatic nitrogens is 2. The molecule has 1 aliphatic heterocycles. The van der Waals surface area contributed by atoms with Gasteiger partial charge in [0.1, 0.15) is 0 Å². The van der Waals surface area contributed by atoms with E-state index in [1.165, 1.54) is 5.69 Å². The van der Waals surface area contributed by atoms with Crippen LogP contribution in [-0.4, -0.2) is 16.3 Å². The lowest BCUT2D eigenvalue weighted by molar-refractivity contribution is 0.391. The summed E-state index contributed by atoms with van der Waals surface area (Å²) in [5, 5.41) is 7.59. The van der Waals surface area contributed by atoms with Crippen LogP contribution in [0.4, 0.5) is 0 Å². The summed E-state index contributed by atoms with van der Waals surface area (Å²) in [6.07, 6.45) is 1.86. The zero-order valence-electron chi connectivity index (χ0n) is 6.34. The fraction of sp³-hybridized carbons (Fsp3) is 0.571. The Balaban J connectivity index is 2.46. The summed E-state index contributed by atoms with van der Waals surface area (Å²) in [7, 11) is 0. The maximum Gasteiger partial charge on any atom is 0.0667 e. The van der Waals surface area contributed by atoms with Crippen LogP contribution in [0.1, 0.15) is 18.7 Å². The third-order valence-corrected chi connectivity index (χ3v) is 2.66. The summed E-state index contributed by atoms with van der Waals surface area (Å²) in [5.41, 5.74) is 1.25. The summed E-state index contributed by atoms with van der Waals surface area (Å²) >= 11 is 3.46. The van der Waals surface area contributed by atoms with Crippen molar-refractivity contribution in [2.24, 2.45) is 0 Å². The lowest BCUT2D eigenvalue weighted by atomic mass is 10.2. The Morgan fingerprint density at radius 1 is 1.82 bits per heavy atom. The molecule has 0 bridgehead atoms. The van der Waals surface area contributed by atoms with Gasteiger partial charge < -0.3 is 5.32 Å². The zero-order chi connectivity index (χ0) is 7.84. The molecule has 2 heterocycles. The first-order valence-corrected chi connectivity index (χ1v) is 4.51. The van der Waals surface area contributed by atoms with Crippen LogP contribution in [0.2, 0.25) is 0 Å². The summed E-state index contributed by atoms with van der Waals surface area (Å²) in [5.74, 6) is 0. The predicted molar refractivity (Wildman–Crippen MR) is 46.3 cm³/mol. The number of nitrogens with one attached hydrogen (secondary N) is 1. The summed E-state index contributed by atoms with van der Waals surface area (Å²) in [4.78, 5) is 0. The van der Waals surface area contributed by atoms with Crippen molar-refractivity contribution in [2.75, 3.05) is 6.54 Å². The van der Waals surface area contributed by atoms with Crippen molar-refractivity contribution in [3.63, 3.8) is 0 Å². The second kappa shape index (κ2) is 2.60. The van der Waals surface area contributed by atoms with E-state index in [2.05, 4.69) is 38.0 Å². The first kappa shape index (κ1) is 7.31. The maximum atomic E-state index is 4.27. The third-order valence-electron chi connectivity index (χ3n) is 2.00. The molecule has 0 radical (unpaired) electrons. The molecule has 0 spiro atoms. The van der Waals surface area contributed by atoms with E-state index in [1.54, 1.807) is 0 Å². The molecule has 4 heteroatoms. The fourth-order valence-electron chi connectivity index (χ4n) is 1.40. The van der Waals surface area contributed by atoms with Crippen molar-refractivity contribution >= 4 is 15.9 Å². The van der Waals surface area contributed by atoms with Gasteiger partial charge in [0.2, 0.25) is 0 Å². The SMILES string of the molecule is C[C@@H]1CNCc2c(Br)cnn21. The molecule has 11 heavy (non-hydrogen) atoms. The molecule has 0 unspecified atom stereocenters. The fourth-order valence-corrected chi connectivity index (χ4v) is 1.81. The molecule has 0 aromatic carbocycles. The van der Waals surface area contributed by atoms with Crippen molar-refractivity contribution in [1.29, 1.82) is 0 Å². The second-order valence-electron chi connectivity index (χ2n) is 2.86. The van der Waals surface area contributed by atoms with Crippen LogP contribution in [0, 0.1) is 0 Å². The maximum absolute atomic E-state index is 4.27. The Labute approximate surface area is 73.9 Å². The number of halogens is 1. The highest BCUT2D eigenvalue weighted by Crippen LogP contribution is 2.21. The van der Waals surface area contributed by atoms with Gasteiger partial charge in [0.15, 0.2) is 0 Å². The van der Waals surface area contributed by atoms with Crippen molar-refractivity contribution in [1.82, 2.24) is 15.1 Å². The van der Waals surface area contributed by atoms with Crippen LogP contribution < -0.4 is 5.32 Å². The molecule has 0 fully saturated rings. The molecular formula is C7H10BrN3. The number of rotatable bonds is 0. The van der Waals surface area contributed by atoms with Gasteiger partial charge in [0.25, 0.3) is 0 Å². The van der Waals surface area contributed by atoms with E-state index in [4.69, 9.17) is 0 Å². The van der Waals surface area contributed by atoms with Gasteiger partial charge >= 0.3 is 0 Å². The Hall–Kier alpha value is -0.350. The Kier molecular flexibility index (Phi) is 1.73. The number of hydrogen-bond donors (Lipinski definition) is 1. The van der Waals surface area contributed by atoms with Crippen LogP contribution in [0.25, 0.3) is 0 Å². The van der Waals surface area contributed by atoms with Crippen molar-refractivity contribution in [3.8, 4) is 0 Å². The van der Waals surface area contributed by atoms with Gasteiger partial charge in [0, 0.05) is 13.1 Å². The largest absolute Gasteiger partial charge is 0.309 e. The molecule has 1 aromatic rings. The zero-order valence-corrected chi connectivity index (χ0v) is 7.93. The van der Waals surface area contributed by atoms with Crippen LogP contribution >= 0.6 is 15.9 Å². The molecule has 2 rings (SSSR count). The molecule has 0 amide bonds. The van der Waals surface area contributed by atoms with Crippen molar-refractivity contribution in [3.05, 3.63) is 16.4 Å². The monoisotopic (exact) mass is 215 g/mol. The molecule has 0 saturated carbocycles. The van der Waals surface area contributed by atoms with E-state index in [0.717, 1.165) is 17.6 Å². The highest BCUT2D eigenvalue weighted by molar-refractivity contribution is 9.10. The van der Waals surface area contributed by atoms with Crippen molar-refractivity contribution < 1.29 is 0 Å². The van der Waals surface area contributed by atoms with Gasteiger partial charge in [-0.1, -0.05) is 0 Å². The lowest BCUT2D eigenvalue weighted by Gasteiger charge is -2.22. The van der Waals surface area contributed by atoms with E-state index >= 15 is 0 Å². The predicted octanol–water partition coefficient (Wildman–Crippen LogP) is 1.31. The standard InChI is InChI=1S/C7H10BrN3/c1-5-2-9-4-7-6(8)3-10-11(5)7/h3,5,9H,2,4H2,1H3/t5-/m1/s1. The molecule has 3 nitrogen and oxygen atoms in total. The third kappa shape index (κ3) is 1.10. The van der Waals surface area contributed by atoms with Crippen molar-refractivity contribution in [2.45, 2.75) is 19.5 Å². The lowest BCUT2D eigenvalue weighted by Crippen LogP contribution is -2.31. The van der Waals surface area contributed by atoms with E-state index in [9.17, 15) is 0 Å². The summed E-state index contributed by atoms with van der Waals surface area (Å²) in [6, 6.07) is 0.477. The molecule has 60 valence electrons. The minimum absolute atomic E-state index is 0.477. The van der Waals surface area contributed by atoms with E-state index in [0.29, 0.717) is 6.04 Å². The van der Waals surface area contributed by atoms with Crippen LogP contribution in [0.5, 0.6) is 0 Å². The molecular weight excluding hydrogens is 206 g/mol. The summed E-state index contributed by atoms with van der Waals surface area (Å²) < 4.78 is 3.18. The smallest absolute Gasteiger partial charge is 0.0667 e. The topological polar surface area (TPSA) is 29.9 Å². The van der Waals surface area contributed by atoms with Gasteiger partial charge in [-0.25, -0.2) is 0 Å². The quantitative estimate of drug-likeness (QED) is 0.708. The molecule has 0 saturated heterocycles. The highest BCUT2D eigenvalue weighted by Gasteiger charge is 2.17. The second-order valence-corrected chi connectivity index (χ2v) is 3.72. The molecule has 1 aliphatic rings. The van der Waals surface area contributed by atoms with Gasteiger partial charge in [0.05, 0.1) is 22.4 Å². The molecule has 1 atom stereocenters. The molecule has 1 N–H and O–H groups in total. The van der Waals surface area contributed by atoms with Gasteiger partial charge in [-0.3, -0.25) is 4.68 Å². The first-order valence-electron chi connectivity index (χ1n) is 3.71. The average Bonchev–Trinajstić information content (AvgIpc) is 2.35. The van der Waals surface area contributed by atoms with E-state index in [-0.39, 0.29) is 0 Å². The van der Waals surface area contributed by atoms with Crippen LogP contribution in [-0.2, 0) is 6.54 Å². The molecule has 0 aliphatic carbocycles.